The predicted octanol–water partition coefficient (Wildman–Crippen LogP) is 2.77. The SMILES string of the molecule is Cc1cc(CC(O)c2ccccc2Br)n(C)n1. The highest BCUT2D eigenvalue weighted by Crippen LogP contribution is 2.25. The summed E-state index contributed by atoms with van der Waals surface area (Å²) >= 11 is 3.45. The smallest absolute Gasteiger partial charge is 0.0856 e. The number of aryl methyl sites for hydroxylation is 2. The third-order valence-electron chi connectivity index (χ3n) is 2.77. The summed E-state index contributed by atoms with van der Waals surface area (Å²) in [5, 5.41) is 14.5. The van der Waals surface area contributed by atoms with Crippen molar-refractivity contribution in [1.29, 1.82) is 0 Å². The summed E-state index contributed by atoms with van der Waals surface area (Å²) in [7, 11) is 1.90. The molecular weight excluding hydrogens is 280 g/mol. The zero-order valence-electron chi connectivity index (χ0n) is 9.89. The minimum atomic E-state index is -0.514. The predicted molar refractivity (Wildman–Crippen MR) is 70.8 cm³/mol. The molecule has 0 amide bonds. The molecule has 0 spiro atoms. The van der Waals surface area contributed by atoms with Gasteiger partial charge in [-0.2, -0.15) is 5.10 Å². The number of nitrogens with zero attached hydrogens (tertiary/aromatic N) is 2. The molecule has 0 aliphatic heterocycles. The highest BCUT2D eigenvalue weighted by atomic mass is 79.9. The second kappa shape index (κ2) is 5.02. The van der Waals surface area contributed by atoms with Gasteiger partial charge in [0.1, 0.15) is 0 Å². The molecule has 1 atom stereocenters. The summed E-state index contributed by atoms with van der Waals surface area (Å²) in [4.78, 5) is 0. The minimum Gasteiger partial charge on any atom is -0.388 e. The van der Waals surface area contributed by atoms with Gasteiger partial charge in [0.05, 0.1) is 11.8 Å². The molecule has 0 radical (unpaired) electrons. The number of aromatic nitrogens is 2. The van der Waals surface area contributed by atoms with E-state index in [9.17, 15) is 5.11 Å². The number of hydrogen-bond donors (Lipinski definition) is 1. The molecule has 1 aromatic carbocycles. The first kappa shape index (κ1) is 12.3. The van der Waals surface area contributed by atoms with E-state index in [1.54, 1.807) is 0 Å². The molecule has 0 bridgehead atoms. The Morgan fingerprint density at radius 1 is 1.41 bits per heavy atom. The summed E-state index contributed by atoms with van der Waals surface area (Å²) in [6.45, 7) is 1.95. The summed E-state index contributed by atoms with van der Waals surface area (Å²) in [5.74, 6) is 0. The van der Waals surface area contributed by atoms with Crippen LogP contribution in [0.25, 0.3) is 0 Å². The number of halogens is 1. The summed E-state index contributed by atoms with van der Waals surface area (Å²) in [6.07, 6.45) is 0.0559. The van der Waals surface area contributed by atoms with Crippen LogP contribution >= 0.6 is 15.9 Å². The van der Waals surface area contributed by atoms with Gasteiger partial charge in [0.15, 0.2) is 0 Å². The van der Waals surface area contributed by atoms with Crippen LogP contribution in [0, 0.1) is 6.92 Å². The quantitative estimate of drug-likeness (QED) is 0.945. The summed E-state index contributed by atoms with van der Waals surface area (Å²) in [6, 6.07) is 9.73. The lowest BCUT2D eigenvalue weighted by molar-refractivity contribution is 0.175. The van der Waals surface area contributed by atoms with Crippen LogP contribution in [0.3, 0.4) is 0 Å². The number of hydrogen-bond acceptors (Lipinski definition) is 2. The molecule has 1 heterocycles. The van der Waals surface area contributed by atoms with E-state index in [1.165, 1.54) is 0 Å². The maximum Gasteiger partial charge on any atom is 0.0856 e. The number of aliphatic hydroxyl groups excluding tert-OH is 1. The van der Waals surface area contributed by atoms with E-state index in [1.807, 2.05) is 49.0 Å². The third-order valence-corrected chi connectivity index (χ3v) is 3.49. The van der Waals surface area contributed by atoms with Crippen molar-refractivity contribution in [3.8, 4) is 0 Å². The average Bonchev–Trinajstić information content (AvgIpc) is 2.58. The van der Waals surface area contributed by atoms with Crippen molar-refractivity contribution < 1.29 is 5.11 Å². The topological polar surface area (TPSA) is 38.0 Å². The first-order chi connectivity index (χ1) is 8.08. The van der Waals surface area contributed by atoms with Crippen molar-refractivity contribution in [1.82, 2.24) is 9.78 Å². The van der Waals surface area contributed by atoms with Crippen LogP contribution in [0.1, 0.15) is 23.1 Å². The van der Waals surface area contributed by atoms with Crippen LogP contribution in [0.15, 0.2) is 34.8 Å². The third kappa shape index (κ3) is 2.76. The zero-order chi connectivity index (χ0) is 12.4. The molecule has 1 aromatic heterocycles. The van der Waals surface area contributed by atoms with Gasteiger partial charge in [-0.05, 0) is 24.6 Å². The average molecular weight is 295 g/mol. The van der Waals surface area contributed by atoms with Gasteiger partial charge in [-0.3, -0.25) is 4.68 Å². The fourth-order valence-electron chi connectivity index (χ4n) is 1.91. The van der Waals surface area contributed by atoms with E-state index in [2.05, 4.69) is 21.0 Å². The van der Waals surface area contributed by atoms with E-state index < -0.39 is 6.10 Å². The van der Waals surface area contributed by atoms with Crippen molar-refractivity contribution in [2.75, 3.05) is 0 Å². The molecule has 90 valence electrons. The van der Waals surface area contributed by atoms with E-state index >= 15 is 0 Å². The highest BCUT2D eigenvalue weighted by molar-refractivity contribution is 9.10. The van der Waals surface area contributed by atoms with E-state index in [0.717, 1.165) is 21.4 Å². The van der Waals surface area contributed by atoms with Crippen LogP contribution < -0.4 is 0 Å². The van der Waals surface area contributed by atoms with Gasteiger partial charge in [0.25, 0.3) is 0 Å². The van der Waals surface area contributed by atoms with E-state index in [0.29, 0.717) is 6.42 Å². The van der Waals surface area contributed by atoms with Gasteiger partial charge in [-0.25, -0.2) is 0 Å². The maximum absolute atomic E-state index is 10.2. The Labute approximate surface area is 109 Å². The number of aliphatic hydroxyl groups is 1. The van der Waals surface area contributed by atoms with Crippen LogP contribution in [0.5, 0.6) is 0 Å². The van der Waals surface area contributed by atoms with Crippen LogP contribution in [0.2, 0.25) is 0 Å². The van der Waals surface area contributed by atoms with E-state index in [4.69, 9.17) is 0 Å². The Bertz CT molecular complexity index is 522. The fraction of sp³-hybridized carbons (Fsp3) is 0.308. The lowest BCUT2D eigenvalue weighted by Crippen LogP contribution is -2.06. The second-order valence-electron chi connectivity index (χ2n) is 4.14. The van der Waals surface area contributed by atoms with Gasteiger partial charge in [0.2, 0.25) is 0 Å². The van der Waals surface area contributed by atoms with Crippen LogP contribution in [-0.2, 0) is 13.5 Å². The molecule has 17 heavy (non-hydrogen) atoms. The molecule has 3 nitrogen and oxygen atoms in total. The van der Waals surface area contributed by atoms with Crippen molar-refractivity contribution >= 4 is 15.9 Å². The fourth-order valence-corrected chi connectivity index (χ4v) is 2.46. The molecule has 0 fully saturated rings. The summed E-state index contributed by atoms with van der Waals surface area (Å²) < 4.78 is 2.75. The Morgan fingerprint density at radius 3 is 2.71 bits per heavy atom. The largest absolute Gasteiger partial charge is 0.388 e. The van der Waals surface area contributed by atoms with Crippen LogP contribution in [0.4, 0.5) is 0 Å². The first-order valence-electron chi connectivity index (χ1n) is 5.50. The minimum absolute atomic E-state index is 0.514. The molecule has 0 saturated carbocycles. The molecule has 0 aliphatic carbocycles. The van der Waals surface area contributed by atoms with Crippen molar-refractivity contribution in [2.45, 2.75) is 19.4 Å². The lowest BCUT2D eigenvalue weighted by atomic mass is 10.0. The molecule has 4 heteroatoms. The Morgan fingerprint density at radius 2 is 2.12 bits per heavy atom. The number of rotatable bonds is 3. The van der Waals surface area contributed by atoms with Crippen molar-refractivity contribution in [3.05, 3.63) is 51.8 Å². The zero-order valence-corrected chi connectivity index (χ0v) is 11.5. The Hall–Kier alpha value is -1.13. The van der Waals surface area contributed by atoms with Crippen molar-refractivity contribution in [2.24, 2.45) is 7.05 Å². The normalized spacial score (nSPS) is 12.7. The molecule has 0 saturated heterocycles. The molecule has 2 rings (SSSR count). The lowest BCUT2D eigenvalue weighted by Gasteiger charge is -2.12. The maximum atomic E-state index is 10.2. The molecule has 0 aliphatic rings. The second-order valence-corrected chi connectivity index (χ2v) is 5.00. The Kier molecular flexibility index (Phi) is 3.64. The van der Waals surface area contributed by atoms with Gasteiger partial charge in [0, 0.05) is 23.6 Å². The Balaban J connectivity index is 2.20. The highest BCUT2D eigenvalue weighted by Gasteiger charge is 2.13. The van der Waals surface area contributed by atoms with Gasteiger partial charge in [-0.1, -0.05) is 34.1 Å². The first-order valence-corrected chi connectivity index (χ1v) is 6.29. The van der Waals surface area contributed by atoms with Crippen LogP contribution in [-0.4, -0.2) is 14.9 Å². The molecule has 1 unspecified atom stereocenters. The molecule has 2 aromatic rings. The van der Waals surface area contributed by atoms with Crippen molar-refractivity contribution in [3.63, 3.8) is 0 Å². The molecular formula is C13H15BrN2O. The molecule has 1 N–H and O–H groups in total. The van der Waals surface area contributed by atoms with E-state index in [-0.39, 0.29) is 0 Å². The number of benzene rings is 1. The van der Waals surface area contributed by atoms with Gasteiger partial charge >= 0.3 is 0 Å². The standard InChI is InChI=1S/C13H15BrN2O/c1-9-7-10(16(2)15-9)8-13(17)11-5-3-4-6-12(11)14/h3-7,13,17H,8H2,1-2H3. The monoisotopic (exact) mass is 294 g/mol. The van der Waals surface area contributed by atoms with Gasteiger partial charge in [-0.15, -0.1) is 0 Å². The summed E-state index contributed by atoms with van der Waals surface area (Å²) in [5.41, 5.74) is 2.92. The van der Waals surface area contributed by atoms with Gasteiger partial charge < -0.3 is 5.11 Å².